The van der Waals surface area contributed by atoms with Gasteiger partial charge in [0, 0.05) is 37.8 Å². The van der Waals surface area contributed by atoms with Crippen LogP contribution < -0.4 is 4.74 Å². The van der Waals surface area contributed by atoms with Gasteiger partial charge < -0.3 is 14.5 Å². The highest BCUT2D eigenvalue weighted by Gasteiger charge is 2.42. The van der Waals surface area contributed by atoms with Gasteiger partial charge in [-0.1, -0.05) is 18.2 Å². The number of aryl methyl sites for hydroxylation is 1. The molecule has 2 aliphatic heterocycles. The first kappa shape index (κ1) is 23.9. The summed E-state index contributed by atoms with van der Waals surface area (Å²) in [4.78, 5) is 28.7. The van der Waals surface area contributed by atoms with E-state index in [9.17, 15) is 22.8 Å². The SMILES string of the molecule is Cc1ccccc1OCC(=O)N1CCC2(CCN(C(=O)/C=C/c3ccc(F)c(F)c3F)C2)CC1. The van der Waals surface area contributed by atoms with E-state index in [4.69, 9.17) is 4.74 Å². The molecule has 2 saturated heterocycles. The topological polar surface area (TPSA) is 49.9 Å². The summed E-state index contributed by atoms with van der Waals surface area (Å²) in [6.45, 7) is 4.25. The van der Waals surface area contributed by atoms with Crippen molar-refractivity contribution >= 4 is 17.9 Å². The van der Waals surface area contributed by atoms with E-state index in [0.29, 0.717) is 31.9 Å². The fraction of sp³-hybridized carbons (Fsp3) is 0.385. The van der Waals surface area contributed by atoms with Gasteiger partial charge in [-0.25, -0.2) is 13.2 Å². The van der Waals surface area contributed by atoms with Crippen molar-refractivity contribution < 1.29 is 27.5 Å². The lowest BCUT2D eigenvalue weighted by Gasteiger charge is -2.39. The van der Waals surface area contributed by atoms with Crippen molar-refractivity contribution in [1.82, 2.24) is 9.80 Å². The summed E-state index contributed by atoms with van der Waals surface area (Å²) in [6, 6.07) is 9.48. The van der Waals surface area contributed by atoms with E-state index in [1.54, 1.807) is 9.80 Å². The van der Waals surface area contributed by atoms with Crippen LogP contribution in [0, 0.1) is 29.8 Å². The van der Waals surface area contributed by atoms with Gasteiger partial charge in [-0.05, 0) is 61.4 Å². The van der Waals surface area contributed by atoms with Gasteiger partial charge in [-0.3, -0.25) is 9.59 Å². The molecular formula is C26H27F3N2O3. The molecule has 2 aliphatic rings. The number of hydrogen-bond acceptors (Lipinski definition) is 3. The van der Waals surface area contributed by atoms with Gasteiger partial charge in [-0.15, -0.1) is 0 Å². The van der Waals surface area contributed by atoms with E-state index in [-0.39, 0.29) is 29.4 Å². The quantitative estimate of drug-likeness (QED) is 0.481. The number of likely N-dealkylation sites (tertiary alicyclic amines) is 2. The van der Waals surface area contributed by atoms with E-state index < -0.39 is 17.5 Å². The standard InChI is InChI=1S/C26H27F3N2O3/c1-18-4-2-3-5-21(18)34-16-23(33)30-13-10-26(11-14-30)12-15-31(17-26)22(32)9-7-19-6-8-20(27)25(29)24(19)28/h2-9H,10-17H2,1H3/b9-7+. The van der Waals surface area contributed by atoms with Crippen LogP contribution in [0.2, 0.25) is 0 Å². The molecular weight excluding hydrogens is 445 g/mol. The maximum atomic E-state index is 13.8. The first-order valence-corrected chi connectivity index (χ1v) is 11.3. The third kappa shape index (κ3) is 5.11. The molecule has 0 atom stereocenters. The Hall–Kier alpha value is -3.29. The number of carbonyl (C=O) groups excluding carboxylic acids is 2. The Balaban J connectivity index is 1.28. The second-order valence-electron chi connectivity index (χ2n) is 9.04. The van der Waals surface area contributed by atoms with E-state index in [1.165, 1.54) is 12.2 Å². The van der Waals surface area contributed by atoms with Crippen LogP contribution >= 0.6 is 0 Å². The van der Waals surface area contributed by atoms with Crippen LogP contribution in [0.1, 0.15) is 30.4 Å². The molecule has 2 heterocycles. The van der Waals surface area contributed by atoms with Crippen LogP contribution in [0.25, 0.3) is 6.08 Å². The van der Waals surface area contributed by atoms with Crippen molar-refractivity contribution in [1.29, 1.82) is 0 Å². The molecule has 8 heteroatoms. The van der Waals surface area contributed by atoms with Gasteiger partial charge in [0.2, 0.25) is 5.91 Å². The molecule has 2 aromatic carbocycles. The predicted molar refractivity (Wildman–Crippen MR) is 121 cm³/mol. The Labute approximate surface area is 196 Å². The predicted octanol–water partition coefficient (Wildman–Crippen LogP) is 4.35. The molecule has 0 N–H and O–H groups in total. The summed E-state index contributed by atoms with van der Waals surface area (Å²) < 4.78 is 46.0. The molecule has 180 valence electrons. The van der Waals surface area contributed by atoms with Crippen LogP contribution in [0.15, 0.2) is 42.5 Å². The highest BCUT2D eigenvalue weighted by atomic mass is 19.2. The van der Waals surface area contributed by atoms with E-state index in [0.717, 1.165) is 37.0 Å². The van der Waals surface area contributed by atoms with Crippen molar-refractivity contribution in [3.63, 3.8) is 0 Å². The number of halogens is 3. The minimum atomic E-state index is -1.56. The zero-order valence-corrected chi connectivity index (χ0v) is 19.0. The maximum absolute atomic E-state index is 13.8. The Morgan fingerprint density at radius 1 is 0.971 bits per heavy atom. The van der Waals surface area contributed by atoms with Crippen LogP contribution in [0.3, 0.4) is 0 Å². The fourth-order valence-electron chi connectivity index (χ4n) is 4.65. The van der Waals surface area contributed by atoms with Crippen LogP contribution in [-0.4, -0.2) is 54.4 Å². The second kappa shape index (κ2) is 9.91. The maximum Gasteiger partial charge on any atom is 0.260 e. The number of nitrogens with zero attached hydrogens (tertiary/aromatic N) is 2. The number of amides is 2. The number of ether oxygens (including phenoxy) is 1. The molecule has 0 radical (unpaired) electrons. The van der Waals surface area contributed by atoms with E-state index in [2.05, 4.69) is 0 Å². The monoisotopic (exact) mass is 472 g/mol. The number of para-hydroxylation sites is 1. The van der Waals surface area contributed by atoms with Gasteiger partial charge in [0.05, 0.1) is 0 Å². The van der Waals surface area contributed by atoms with Gasteiger partial charge >= 0.3 is 0 Å². The number of carbonyl (C=O) groups is 2. The van der Waals surface area contributed by atoms with Crippen molar-refractivity contribution in [2.75, 3.05) is 32.8 Å². The molecule has 2 fully saturated rings. The third-order valence-electron chi connectivity index (χ3n) is 6.84. The summed E-state index contributed by atoms with van der Waals surface area (Å²) in [5, 5.41) is 0. The normalized spacial score (nSPS) is 17.5. The lowest BCUT2D eigenvalue weighted by molar-refractivity contribution is -0.136. The van der Waals surface area contributed by atoms with Crippen LogP contribution in [0.5, 0.6) is 5.75 Å². The minimum Gasteiger partial charge on any atom is -0.484 e. The van der Waals surface area contributed by atoms with Gasteiger partial charge in [-0.2, -0.15) is 0 Å². The van der Waals surface area contributed by atoms with E-state index >= 15 is 0 Å². The molecule has 1 spiro atoms. The number of benzene rings is 2. The van der Waals surface area contributed by atoms with Crippen LogP contribution in [0.4, 0.5) is 13.2 Å². The smallest absolute Gasteiger partial charge is 0.260 e. The summed E-state index contributed by atoms with van der Waals surface area (Å²) >= 11 is 0. The van der Waals surface area contributed by atoms with Crippen molar-refractivity contribution in [2.24, 2.45) is 5.41 Å². The Bertz CT molecular complexity index is 1110. The summed E-state index contributed by atoms with van der Waals surface area (Å²) in [6.07, 6.45) is 4.76. The number of rotatable bonds is 5. The van der Waals surface area contributed by atoms with Crippen molar-refractivity contribution in [3.05, 3.63) is 71.1 Å². The molecule has 0 bridgehead atoms. The van der Waals surface area contributed by atoms with Gasteiger partial charge in [0.15, 0.2) is 24.1 Å². The number of hydrogen-bond donors (Lipinski definition) is 0. The summed E-state index contributed by atoms with van der Waals surface area (Å²) in [5.74, 6) is -3.79. The average molecular weight is 473 g/mol. The minimum absolute atomic E-state index is 0.00615. The largest absolute Gasteiger partial charge is 0.484 e. The average Bonchev–Trinajstić information content (AvgIpc) is 3.25. The fourth-order valence-corrected chi connectivity index (χ4v) is 4.65. The molecule has 4 rings (SSSR count). The highest BCUT2D eigenvalue weighted by Crippen LogP contribution is 2.40. The Morgan fingerprint density at radius 3 is 2.35 bits per heavy atom. The van der Waals surface area contributed by atoms with E-state index in [1.807, 2.05) is 31.2 Å². The highest BCUT2D eigenvalue weighted by molar-refractivity contribution is 5.92. The van der Waals surface area contributed by atoms with Crippen molar-refractivity contribution in [2.45, 2.75) is 26.2 Å². The Morgan fingerprint density at radius 2 is 1.65 bits per heavy atom. The molecule has 5 nitrogen and oxygen atoms in total. The lowest BCUT2D eigenvalue weighted by Crippen LogP contribution is -2.46. The molecule has 0 aliphatic carbocycles. The molecule has 0 unspecified atom stereocenters. The molecule has 34 heavy (non-hydrogen) atoms. The van der Waals surface area contributed by atoms with Gasteiger partial charge in [0.1, 0.15) is 5.75 Å². The number of piperidine rings is 1. The first-order valence-electron chi connectivity index (χ1n) is 11.3. The van der Waals surface area contributed by atoms with Gasteiger partial charge in [0.25, 0.3) is 5.91 Å². The summed E-state index contributed by atoms with van der Waals surface area (Å²) in [7, 11) is 0. The molecule has 2 amide bonds. The third-order valence-corrected chi connectivity index (χ3v) is 6.84. The zero-order chi connectivity index (χ0) is 24.3. The first-order chi connectivity index (χ1) is 16.3. The zero-order valence-electron chi connectivity index (χ0n) is 19.0. The van der Waals surface area contributed by atoms with Crippen molar-refractivity contribution in [3.8, 4) is 5.75 Å². The molecule has 0 saturated carbocycles. The Kier molecular flexibility index (Phi) is 6.95. The lowest BCUT2D eigenvalue weighted by atomic mass is 9.78. The second-order valence-corrected chi connectivity index (χ2v) is 9.04. The summed E-state index contributed by atoms with van der Waals surface area (Å²) in [5.41, 5.74) is 0.746. The van der Waals surface area contributed by atoms with Crippen LogP contribution in [-0.2, 0) is 9.59 Å². The molecule has 2 aromatic rings. The molecule has 0 aromatic heterocycles.